The lowest BCUT2D eigenvalue weighted by Gasteiger charge is -2.34. The summed E-state index contributed by atoms with van der Waals surface area (Å²) in [5.74, 6) is 0. The first-order chi connectivity index (χ1) is 12.2. The molecule has 0 rings (SSSR count). The summed E-state index contributed by atoms with van der Waals surface area (Å²) < 4.78 is 6.32. The van der Waals surface area contributed by atoms with E-state index in [1.165, 1.54) is 122 Å². The standard InChI is InChI=1S/C23H50OSi/c1-4-7-10-13-16-19-22-23(24-25,20-17-14-11-8-5-2)21-18-15-12-9-6-3/h4-22H2,1-3,25H3. The highest BCUT2D eigenvalue weighted by Crippen LogP contribution is 2.32. The van der Waals surface area contributed by atoms with E-state index in [9.17, 15) is 0 Å². The number of unbranched alkanes of at least 4 members (excludes halogenated alkanes) is 13. The third-order valence-corrected chi connectivity index (χ3v) is 6.76. The van der Waals surface area contributed by atoms with Gasteiger partial charge in [-0.15, -0.1) is 0 Å². The summed E-state index contributed by atoms with van der Waals surface area (Å²) in [5.41, 5.74) is 0.245. The van der Waals surface area contributed by atoms with E-state index in [4.69, 9.17) is 4.43 Å². The molecule has 25 heavy (non-hydrogen) atoms. The lowest BCUT2D eigenvalue weighted by Crippen LogP contribution is -2.32. The van der Waals surface area contributed by atoms with Gasteiger partial charge in [-0.05, 0) is 19.3 Å². The van der Waals surface area contributed by atoms with Crippen LogP contribution >= 0.6 is 0 Å². The minimum absolute atomic E-state index is 0.245. The average molecular weight is 371 g/mol. The molecule has 0 heterocycles. The Labute approximate surface area is 163 Å². The van der Waals surface area contributed by atoms with Gasteiger partial charge in [0, 0.05) is 0 Å². The van der Waals surface area contributed by atoms with Crippen LogP contribution in [0, 0.1) is 0 Å². The molecule has 0 saturated carbocycles. The van der Waals surface area contributed by atoms with E-state index in [1.807, 2.05) is 0 Å². The van der Waals surface area contributed by atoms with Crippen molar-refractivity contribution in [3.05, 3.63) is 0 Å². The second-order valence-corrected chi connectivity index (χ2v) is 8.64. The van der Waals surface area contributed by atoms with E-state index < -0.39 is 0 Å². The predicted molar refractivity (Wildman–Crippen MR) is 119 cm³/mol. The molecule has 0 aliphatic heterocycles. The second-order valence-electron chi connectivity index (χ2n) is 8.23. The molecule has 0 radical (unpaired) electrons. The Hall–Kier alpha value is 0.177. The predicted octanol–water partition coefficient (Wildman–Crippen LogP) is 7.49. The SMILES string of the molecule is CCCCCCCCC(CCCCCCC)(CCCCCCC)O[SiH3]. The number of hydrogen-bond donors (Lipinski definition) is 0. The zero-order valence-corrected chi connectivity index (χ0v) is 20.3. The first-order valence-electron chi connectivity index (χ1n) is 11.8. The molecule has 0 aliphatic rings. The number of hydrogen-bond acceptors (Lipinski definition) is 1. The molecule has 0 atom stereocenters. The van der Waals surface area contributed by atoms with Crippen LogP contribution in [0.4, 0.5) is 0 Å². The lowest BCUT2D eigenvalue weighted by atomic mass is 9.85. The summed E-state index contributed by atoms with van der Waals surface area (Å²) in [6, 6.07) is 0. The normalized spacial score (nSPS) is 12.1. The third kappa shape index (κ3) is 15.0. The Morgan fingerprint density at radius 2 is 0.760 bits per heavy atom. The van der Waals surface area contributed by atoms with Crippen LogP contribution in [-0.2, 0) is 4.43 Å². The second kappa shape index (κ2) is 19.0. The summed E-state index contributed by atoms with van der Waals surface area (Å²) in [4.78, 5) is 0. The first-order valence-corrected chi connectivity index (χ1v) is 12.6. The molecule has 0 fully saturated rings. The van der Waals surface area contributed by atoms with E-state index in [2.05, 4.69) is 20.8 Å². The molecular formula is C23H50OSi. The van der Waals surface area contributed by atoms with Gasteiger partial charge in [0.1, 0.15) is 10.5 Å². The van der Waals surface area contributed by atoms with Crippen molar-refractivity contribution >= 4 is 10.5 Å². The van der Waals surface area contributed by atoms with Crippen molar-refractivity contribution in [2.75, 3.05) is 0 Å². The van der Waals surface area contributed by atoms with Gasteiger partial charge in [-0.1, -0.05) is 124 Å². The maximum atomic E-state index is 6.32. The molecule has 2 heteroatoms. The van der Waals surface area contributed by atoms with Crippen LogP contribution in [0.15, 0.2) is 0 Å². The Kier molecular flexibility index (Phi) is 19.1. The summed E-state index contributed by atoms with van der Waals surface area (Å²) >= 11 is 0. The van der Waals surface area contributed by atoms with Crippen molar-refractivity contribution in [2.24, 2.45) is 0 Å². The maximum Gasteiger partial charge on any atom is 0.146 e. The Morgan fingerprint density at radius 3 is 1.04 bits per heavy atom. The van der Waals surface area contributed by atoms with E-state index in [-0.39, 0.29) is 5.60 Å². The molecule has 0 unspecified atom stereocenters. The maximum absolute atomic E-state index is 6.32. The van der Waals surface area contributed by atoms with Crippen LogP contribution in [0.2, 0.25) is 0 Å². The van der Waals surface area contributed by atoms with Gasteiger partial charge >= 0.3 is 0 Å². The van der Waals surface area contributed by atoms with Crippen LogP contribution in [0.1, 0.15) is 143 Å². The van der Waals surface area contributed by atoms with Crippen LogP contribution in [0.5, 0.6) is 0 Å². The Balaban J connectivity index is 4.22. The molecule has 0 saturated heterocycles. The highest BCUT2D eigenvalue weighted by Gasteiger charge is 2.27. The quantitative estimate of drug-likeness (QED) is 0.159. The largest absolute Gasteiger partial charge is 0.422 e. The van der Waals surface area contributed by atoms with Gasteiger partial charge in [0.15, 0.2) is 0 Å². The van der Waals surface area contributed by atoms with Gasteiger partial charge in [-0.25, -0.2) is 0 Å². The van der Waals surface area contributed by atoms with E-state index in [1.54, 1.807) is 0 Å². The zero-order chi connectivity index (χ0) is 18.6. The van der Waals surface area contributed by atoms with Gasteiger partial charge in [-0.2, -0.15) is 0 Å². The van der Waals surface area contributed by atoms with Crippen LogP contribution in [-0.4, -0.2) is 16.1 Å². The highest BCUT2D eigenvalue weighted by molar-refractivity contribution is 5.98. The van der Waals surface area contributed by atoms with Gasteiger partial charge in [0.05, 0.1) is 5.60 Å². The summed E-state index contributed by atoms with van der Waals surface area (Å²) in [7, 11) is 0.906. The van der Waals surface area contributed by atoms with Crippen molar-refractivity contribution in [3.8, 4) is 0 Å². The number of rotatable bonds is 20. The van der Waals surface area contributed by atoms with Gasteiger partial charge in [0.25, 0.3) is 0 Å². The van der Waals surface area contributed by atoms with E-state index >= 15 is 0 Å². The molecule has 0 bridgehead atoms. The molecule has 0 N–H and O–H groups in total. The van der Waals surface area contributed by atoms with E-state index in [0.717, 1.165) is 10.5 Å². The van der Waals surface area contributed by atoms with Crippen molar-refractivity contribution < 1.29 is 4.43 Å². The first kappa shape index (κ1) is 25.2. The fraction of sp³-hybridized carbons (Fsp3) is 1.00. The van der Waals surface area contributed by atoms with E-state index in [0.29, 0.717) is 0 Å². The molecule has 1 nitrogen and oxygen atoms in total. The van der Waals surface area contributed by atoms with Gasteiger partial charge in [0.2, 0.25) is 0 Å². The molecular weight excluding hydrogens is 320 g/mol. The summed E-state index contributed by atoms with van der Waals surface area (Å²) in [5, 5.41) is 0. The van der Waals surface area contributed by atoms with Crippen molar-refractivity contribution in [1.82, 2.24) is 0 Å². The molecule has 0 aliphatic carbocycles. The van der Waals surface area contributed by atoms with Gasteiger partial charge < -0.3 is 4.43 Å². The minimum Gasteiger partial charge on any atom is -0.422 e. The van der Waals surface area contributed by atoms with Crippen molar-refractivity contribution in [2.45, 2.75) is 148 Å². The third-order valence-electron chi connectivity index (χ3n) is 5.89. The van der Waals surface area contributed by atoms with Gasteiger partial charge in [-0.3, -0.25) is 0 Å². The molecule has 0 aromatic rings. The molecule has 0 amide bonds. The van der Waals surface area contributed by atoms with Crippen molar-refractivity contribution in [3.63, 3.8) is 0 Å². The fourth-order valence-electron chi connectivity index (χ4n) is 4.01. The lowest BCUT2D eigenvalue weighted by molar-refractivity contribution is 0.0423. The summed E-state index contributed by atoms with van der Waals surface area (Å²) in [6.07, 6.45) is 26.3. The fourth-order valence-corrected chi connectivity index (χ4v) is 4.62. The average Bonchev–Trinajstić information content (AvgIpc) is 2.63. The monoisotopic (exact) mass is 370 g/mol. The molecule has 0 spiro atoms. The zero-order valence-electron chi connectivity index (χ0n) is 18.3. The van der Waals surface area contributed by atoms with Crippen molar-refractivity contribution in [1.29, 1.82) is 0 Å². The van der Waals surface area contributed by atoms with Crippen LogP contribution in [0.3, 0.4) is 0 Å². The highest BCUT2D eigenvalue weighted by atomic mass is 28.2. The molecule has 152 valence electrons. The molecule has 0 aromatic heterocycles. The Morgan fingerprint density at radius 1 is 0.480 bits per heavy atom. The minimum atomic E-state index is 0.245. The molecule has 0 aromatic carbocycles. The smallest absolute Gasteiger partial charge is 0.146 e. The summed E-state index contributed by atoms with van der Waals surface area (Å²) in [6.45, 7) is 6.91. The topological polar surface area (TPSA) is 9.23 Å². The Bertz CT molecular complexity index is 240. The van der Waals surface area contributed by atoms with Crippen LogP contribution < -0.4 is 0 Å². The van der Waals surface area contributed by atoms with Crippen LogP contribution in [0.25, 0.3) is 0 Å².